The number of amides is 3. The highest BCUT2D eigenvalue weighted by molar-refractivity contribution is 6.01. The van der Waals surface area contributed by atoms with Gasteiger partial charge in [0, 0.05) is 18.2 Å². The van der Waals surface area contributed by atoms with E-state index in [1.165, 1.54) is 14.2 Å². The third kappa shape index (κ3) is 5.72. The van der Waals surface area contributed by atoms with Crippen molar-refractivity contribution in [2.75, 3.05) is 19.5 Å². The van der Waals surface area contributed by atoms with E-state index < -0.39 is 6.03 Å². The maximum Gasteiger partial charge on any atom is 0.325 e. The molecule has 1 aromatic carbocycles. The lowest BCUT2D eigenvalue weighted by Crippen LogP contribution is -2.34. The van der Waals surface area contributed by atoms with Crippen molar-refractivity contribution in [3.8, 4) is 11.5 Å². The van der Waals surface area contributed by atoms with Gasteiger partial charge in [0.15, 0.2) is 11.5 Å². The molecule has 0 unspecified atom stereocenters. The molecule has 0 bridgehead atoms. The van der Waals surface area contributed by atoms with Crippen LogP contribution in [0.5, 0.6) is 11.5 Å². The van der Waals surface area contributed by atoms with Crippen LogP contribution in [0, 0.1) is 0 Å². The molecule has 0 aliphatic rings. The second-order valence-electron chi connectivity index (χ2n) is 4.53. The Hall–Kier alpha value is -2.24. The van der Waals surface area contributed by atoms with Crippen LogP contribution in [0.3, 0.4) is 0 Å². The van der Waals surface area contributed by atoms with Crippen molar-refractivity contribution in [1.82, 2.24) is 5.32 Å². The minimum atomic E-state index is -0.552. The Balaban J connectivity index is 2.53. The number of nitrogens with one attached hydrogen (secondary N) is 2. The van der Waals surface area contributed by atoms with Crippen molar-refractivity contribution >= 4 is 17.6 Å². The van der Waals surface area contributed by atoms with Crippen LogP contribution in [-0.2, 0) is 4.79 Å². The van der Waals surface area contributed by atoms with Crippen molar-refractivity contribution in [3.63, 3.8) is 0 Å². The summed E-state index contributed by atoms with van der Waals surface area (Å²) in [7, 11) is 3.05. The van der Waals surface area contributed by atoms with Gasteiger partial charge in [0.25, 0.3) is 0 Å². The fourth-order valence-corrected chi connectivity index (χ4v) is 1.80. The number of unbranched alkanes of at least 4 members (excludes halogenated alkanes) is 2. The molecule has 1 rings (SSSR count). The van der Waals surface area contributed by atoms with Crippen molar-refractivity contribution in [3.05, 3.63) is 18.2 Å². The Kier molecular flexibility index (Phi) is 7.08. The normalized spacial score (nSPS) is 9.86. The number of rotatable bonds is 7. The smallest absolute Gasteiger partial charge is 0.325 e. The molecule has 3 amide bonds. The van der Waals surface area contributed by atoms with Crippen LogP contribution < -0.4 is 20.1 Å². The van der Waals surface area contributed by atoms with Crippen molar-refractivity contribution in [2.24, 2.45) is 0 Å². The first-order chi connectivity index (χ1) is 10.1. The summed E-state index contributed by atoms with van der Waals surface area (Å²) in [5.74, 6) is 0.796. The highest BCUT2D eigenvalue weighted by Crippen LogP contribution is 2.29. The molecule has 21 heavy (non-hydrogen) atoms. The van der Waals surface area contributed by atoms with E-state index in [0.29, 0.717) is 23.6 Å². The van der Waals surface area contributed by atoms with E-state index in [0.717, 1.165) is 19.3 Å². The summed E-state index contributed by atoms with van der Waals surface area (Å²) in [5, 5.41) is 4.88. The molecular formula is C15H22N2O4. The van der Waals surface area contributed by atoms with Crippen molar-refractivity contribution in [2.45, 2.75) is 32.6 Å². The lowest BCUT2D eigenvalue weighted by atomic mass is 10.2. The molecular weight excluding hydrogens is 272 g/mol. The first-order valence-electron chi connectivity index (χ1n) is 6.93. The Bertz CT molecular complexity index is 489. The Labute approximate surface area is 124 Å². The van der Waals surface area contributed by atoms with Gasteiger partial charge in [-0.1, -0.05) is 19.8 Å². The summed E-state index contributed by atoms with van der Waals surface area (Å²) in [6.45, 7) is 2.06. The van der Waals surface area contributed by atoms with Crippen LogP contribution in [0.15, 0.2) is 18.2 Å². The average molecular weight is 294 g/mol. The van der Waals surface area contributed by atoms with Gasteiger partial charge < -0.3 is 14.8 Å². The monoisotopic (exact) mass is 294 g/mol. The molecule has 1 aromatic rings. The van der Waals surface area contributed by atoms with Gasteiger partial charge in [-0.05, 0) is 18.6 Å². The molecule has 0 fully saturated rings. The molecule has 0 aliphatic heterocycles. The summed E-state index contributed by atoms with van der Waals surface area (Å²) >= 11 is 0. The molecule has 0 spiro atoms. The SMILES string of the molecule is CCCCCC(=O)NC(=O)Nc1ccc(OC)c(OC)c1. The zero-order valence-corrected chi connectivity index (χ0v) is 12.7. The number of carbonyl (C=O) groups is 2. The second-order valence-corrected chi connectivity index (χ2v) is 4.53. The van der Waals surface area contributed by atoms with E-state index in [9.17, 15) is 9.59 Å². The van der Waals surface area contributed by atoms with Crippen LogP contribution in [0.25, 0.3) is 0 Å². The zero-order valence-electron chi connectivity index (χ0n) is 12.7. The van der Waals surface area contributed by atoms with Crippen LogP contribution >= 0.6 is 0 Å². The maximum atomic E-state index is 11.7. The standard InChI is InChI=1S/C15H22N2O4/c1-4-5-6-7-14(18)17-15(19)16-11-8-9-12(20-2)13(10-11)21-3/h8-10H,4-7H2,1-3H3,(H2,16,17,18,19). The van der Waals surface area contributed by atoms with Gasteiger partial charge in [-0.25, -0.2) is 4.79 Å². The molecule has 0 radical (unpaired) electrons. The lowest BCUT2D eigenvalue weighted by Gasteiger charge is -2.11. The van der Waals surface area contributed by atoms with E-state index in [1.54, 1.807) is 18.2 Å². The van der Waals surface area contributed by atoms with Crippen LogP contribution in [-0.4, -0.2) is 26.2 Å². The largest absolute Gasteiger partial charge is 0.493 e. The summed E-state index contributed by atoms with van der Waals surface area (Å²) in [6.07, 6.45) is 3.15. The number of urea groups is 1. The van der Waals surface area contributed by atoms with Gasteiger partial charge in [0.1, 0.15) is 0 Å². The molecule has 2 N–H and O–H groups in total. The molecule has 0 aliphatic carbocycles. The molecule has 116 valence electrons. The summed E-state index contributed by atoms with van der Waals surface area (Å²) in [4.78, 5) is 23.2. The molecule has 0 aromatic heterocycles. The number of anilines is 1. The molecule has 6 heteroatoms. The fraction of sp³-hybridized carbons (Fsp3) is 0.467. The highest BCUT2D eigenvalue weighted by Gasteiger charge is 2.09. The van der Waals surface area contributed by atoms with Gasteiger partial charge in [0.05, 0.1) is 14.2 Å². The third-order valence-electron chi connectivity index (χ3n) is 2.90. The van der Waals surface area contributed by atoms with Crippen LogP contribution in [0.4, 0.5) is 10.5 Å². The highest BCUT2D eigenvalue weighted by atomic mass is 16.5. The van der Waals surface area contributed by atoms with Crippen LogP contribution in [0.2, 0.25) is 0 Å². The van der Waals surface area contributed by atoms with Gasteiger partial charge in [-0.15, -0.1) is 0 Å². The molecule has 6 nitrogen and oxygen atoms in total. The number of carbonyl (C=O) groups excluding carboxylic acids is 2. The minimum absolute atomic E-state index is 0.276. The summed E-state index contributed by atoms with van der Waals surface area (Å²) in [5.41, 5.74) is 0.520. The number of imide groups is 1. The quantitative estimate of drug-likeness (QED) is 0.758. The summed E-state index contributed by atoms with van der Waals surface area (Å²) in [6, 6.07) is 4.42. The Morgan fingerprint density at radius 3 is 2.43 bits per heavy atom. The number of hydrogen-bond acceptors (Lipinski definition) is 4. The van der Waals surface area contributed by atoms with E-state index in [1.807, 2.05) is 0 Å². The van der Waals surface area contributed by atoms with Crippen LogP contribution in [0.1, 0.15) is 32.6 Å². The van der Waals surface area contributed by atoms with Gasteiger partial charge in [-0.2, -0.15) is 0 Å². The molecule has 0 saturated heterocycles. The fourth-order valence-electron chi connectivity index (χ4n) is 1.80. The van der Waals surface area contributed by atoms with Gasteiger partial charge in [-0.3, -0.25) is 10.1 Å². The number of methoxy groups -OCH3 is 2. The first kappa shape index (κ1) is 16.8. The third-order valence-corrected chi connectivity index (χ3v) is 2.90. The Morgan fingerprint density at radius 2 is 1.81 bits per heavy atom. The van der Waals surface area contributed by atoms with E-state index >= 15 is 0 Å². The topological polar surface area (TPSA) is 76.7 Å². The van der Waals surface area contributed by atoms with E-state index in [-0.39, 0.29) is 5.91 Å². The second kappa shape index (κ2) is 8.84. The summed E-state index contributed by atoms with van der Waals surface area (Å²) < 4.78 is 10.2. The minimum Gasteiger partial charge on any atom is -0.493 e. The van der Waals surface area contributed by atoms with Crippen molar-refractivity contribution < 1.29 is 19.1 Å². The van der Waals surface area contributed by atoms with Gasteiger partial charge in [0.2, 0.25) is 5.91 Å². The zero-order chi connectivity index (χ0) is 15.7. The predicted octanol–water partition coefficient (Wildman–Crippen LogP) is 2.93. The molecule has 0 saturated carbocycles. The predicted molar refractivity (Wildman–Crippen MR) is 80.8 cm³/mol. The average Bonchev–Trinajstić information content (AvgIpc) is 2.47. The maximum absolute atomic E-state index is 11.7. The number of hydrogen-bond donors (Lipinski definition) is 2. The number of benzene rings is 1. The molecule has 0 atom stereocenters. The van der Waals surface area contributed by atoms with E-state index in [4.69, 9.17) is 9.47 Å². The Morgan fingerprint density at radius 1 is 1.10 bits per heavy atom. The first-order valence-corrected chi connectivity index (χ1v) is 6.93. The van der Waals surface area contributed by atoms with Crippen molar-refractivity contribution in [1.29, 1.82) is 0 Å². The molecule has 0 heterocycles. The number of ether oxygens (including phenoxy) is 2. The van der Waals surface area contributed by atoms with Gasteiger partial charge >= 0.3 is 6.03 Å². The lowest BCUT2D eigenvalue weighted by molar-refractivity contribution is -0.120. The van der Waals surface area contributed by atoms with E-state index in [2.05, 4.69) is 17.6 Å².